The number of fused-ring (bicyclic) bond motifs is 1. The Kier molecular flexibility index (Phi) is 7.05. The second kappa shape index (κ2) is 10.00. The van der Waals surface area contributed by atoms with Crippen LogP contribution in [0.1, 0.15) is 64.3 Å². The number of amides is 2. The van der Waals surface area contributed by atoms with Crippen LogP contribution in [0, 0.1) is 6.92 Å². The van der Waals surface area contributed by atoms with Crippen molar-refractivity contribution in [3.63, 3.8) is 0 Å². The summed E-state index contributed by atoms with van der Waals surface area (Å²) in [5, 5.41) is 0. The number of carbonyl (C=O) groups excluding carboxylic acids is 2. The van der Waals surface area contributed by atoms with Crippen LogP contribution >= 0.6 is 0 Å². The van der Waals surface area contributed by atoms with Crippen LogP contribution in [0.5, 0.6) is 0 Å². The van der Waals surface area contributed by atoms with E-state index >= 15 is 0 Å². The molecule has 0 spiro atoms. The lowest BCUT2D eigenvalue weighted by Gasteiger charge is -2.34. The fraction of sp³-hybridized carbons (Fsp3) is 0.464. The van der Waals surface area contributed by atoms with Crippen molar-refractivity contribution in [1.29, 1.82) is 0 Å². The summed E-state index contributed by atoms with van der Waals surface area (Å²) in [4.78, 5) is 35.4. The standard InChI is InChI=1S/C28H36N4O2/c1-6-20(4)32(21(5)7-2)27(34)18-31-25-11-9-8-10-24(25)29-28(31)22-16-26(33)30(17-22)23-14-12-19(3)13-15-23/h8-15,20-22H,6-7,16-18H2,1-5H3. The van der Waals surface area contributed by atoms with Gasteiger partial charge in [-0.15, -0.1) is 0 Å². The number of benzene rings is 2. The summed E-state index contributed by atoms with van der Waals surface area (Å²) in [7, 11) is 0. The van der Waals surface area contributed by atoms with Gasteiger partial charge in [0.1, 0.15) is 12.4 Å². The minimum Gasteiger partial charge on any atom is -0.336 e. The number of imidazole rings is 1. The van der Waals surface area contributed by atoms with E-state index in [2.05, 4.69) is 27.7 Å². The molecule has 3 unspecified atom stereocenters. The third-order valence-electron chi connectivity index (χ3n) is 7.23. The van der Waals surface area contributed by atoms with Crippen molar-refractivity contribution in [2.45, 2.75) is 78.4 Å². The number of para-hydroxylation sites is 2. The van der Waals surface area contributed by atoms with E-state index in [1.54, 1.807) is 0 Å². The summed E-state index contributed by atoms with van der Waals surface area (Å²) < 4.78 is 2.05. The van der Waals surface area contributed by atoms with Gasteiger partial charge in [-0.05, 0) is 57.9 Å². The minimum absolute atomic E-state index is 0.0605. The smallest absolute Gasteiger partial charge is 0.243 e. The van der Waals surface area contributed by atoms with E-state index in [1.807, 2.05) is 69.8 Å². The van der Waals surface area contributed by atoms with Gasteiger partial charge >= 0.3 is 0 Å². The van der Waals surface area contributed by atoms with Gasteiger partial charge in [0.25, 0.3) is 0 Å². The maximum atomic E-state index is 13.6. The third kappa shape index (κ3) is 4.59. The average molecular weight is 461 g/mol. The Morgan fingerprint density at radius 2 is 1.71 bits per heavy atom. The second-order valence-corrected chi connectivity index (χ2v) is 9.60. The molecule has 6 heteroatoms. The van der Waals surface area contributed by atoms with Gasteiger partial charge in [-0.3, -0.25) is 9.59 Å². The Labute approximate surface area is 202 Å². The molecule has 1 fully saturated rings. The molecule has 0 N–H and O–H groups in total. The molecule has 34 heavy (non-hydrogen) atoms. The number of hydrogen-bond donors (Lipinski definition) is 0. The van der Waals surface area contributed by atoms with Gasteiger partial charge in [0.15, 0.2) is 0 Å². The van der Waals surface area contributed by atoms with Crippen molar-refractivity contribution in [2.75, 3.05) is 11.4 Å². The SMILES string of the molecule is CCC(C)N(C(=O)Cn1c(C2CC(=O)N(c3ccc(C)cc3)C2)nc2ccccc21)C(C)CC. The van der Waals surface area contributed by atoms with E-state index in [-0.39, 0.29) is 36.4 Å². The Morgan fingerprint density at radius 1 is 1.06 bits per heavy atom. The highest BCUT2D eigenvalue weighted by molar-refractivity contribution is 5.96. The van der Waals surface area contributed by atoms with Gasteiger partial charge in [-0.1, -0.05) is 43.7 Å². The Hall–Kier alpha value is -3.15. The molecule has 0 bridgehead atoms. The lowest BCUT2D eigenvalue weighted by atomic mass is 10.1. The van der Waals surface area contributed by atoms with Crippen molar-refractivity contribution in [3.05, 3.63) is 59.9 Å². The van der Waals surface area contributed by atoms with E-state index in [0.29, 0.717) is 13.0 Å². The zero-order valence-electron chi connectivity index (χ0n) is 21.0. The first-order chi connectivity index (χ1) is 16.3. The number of aromatic nitrogens is 2. The maximum absolute atomic E-state index is 13.6. The number of anilines is 1. The normalized spacial score (nSPS) is 17.9. The van der Waals surface area contributed by atoms with E-state index in [1.165, 1.54) is 5.56 Å². The molecule has 3 aromatic rings. The molecule has 2 heterocycles. The predicted octanol–water partition coefficient (Wildman–Crippen LogP) is 5.29. The molecule has 1 aliphatic heterocycles. The molecule has 4 rings (SSSR count). The average Bonchev–Trinajstić information content (AvgIpc) is 3.40. The van der Waals surface area contributed by atoms with Gasteiger partial charge in [-0.25, -0.2) is 4.98 Å². The monoisotopic (exact) mass is 460 g/mol. The van der Waals surface area contributed by atoms with Crippen LogP contribution in [-0.2, 0) is 16.1 Å². The van der Waals surface area contributed by atoms with Gasteiger partial charge in [-0.2, -0.15) is 0 Å². The van der Waals surface area contributed by atoms with Gasteiger partial charge < -0.3 is 14.4 Å². The van der Waals surface area contributed by atoms with E-state index < -0.39 is 0 Å². The van der Waals surface area contributed by atoms with Crippen molar-refractivity contribution >= 4 is 28.5 Å². The first kappa shape index (κ1) is 24.0. The van der Waals surface area contributed by atoms with Crippen LogP contribution in [0.15, 0.2) is 48.5 Å². The number of hydrogen-bond acceptors (Lipinski definition) is 3. The molecular formula is C28H36N4O2. The molecule has 2 aromatic carbocycles. The van der Waals surface area contributed by atoms with Crippen LogP contribution in [0.25, 0.3) is 11.0 Å². The number of nitrogens with zero attached hydrogens (tertiary/aromatic N) is 4. The molecule has 1 aliphatic rings. The highest BCUT2D eigenvalue weighted by atomic mass is 16.2. The highest BCUT2D eigenvalue weighted by Gasteiger charge is 2.35. The summed E-state index contributed by atoms with van der Waals surface area (Å²) in [6, 6.07) is 16.3. The van der Waals surface area contributed by atoms with Gasteiger partial charge in [0.2, 0.25) is 11.8 Å². The summed E-state index contributed by atoms with van der Waals surface area (Å²) >= 11 is 0. The number of carbonyl (C=O) groups is 2. The Morgan fingerprint density at radius 3 is 2.35 bits per heavy atom. The van der Waals surface area contributed by atoms with Crippen molar-refractivity contribution < 1.29 is 9.59 Å². The fourth-order valence-electron chi connectivity index (χ4n) is 4.96. The molecule has 3 atom stereocenters. The fourth-order valence-corrected chi connectivity index (χ4v) is 4.96. The lowest BCUT2D eigenvalue weighted by molar-refractivity contribution is -0.136. The molecule has 0 radical (unpaired) electrons. The molecule has 2 amide bonds. The van der Waals surface area contributed by atoms with E-state index in [0.717, 1.165) is 35.4 Å². The summed E-state index contributed by atoms with van der Waals surface area (Å²) in [6.45, 7) is 11.3. The number of aryl methyl sites for hydroxylation is 1. The first-order valence-corrected chi connectivity index (χ1v) is 12.5. The van der Waals surface area contributed by atoms with Gasteiger partial charge in [0.05, 0.1) is 11.0 Å². The lowest BCUT2D eigenvalue weighted by Crippen LogP contribution is -2.46. The van der Waals surface area contributed by atoms with E-state index in [4.69, 9.17) is 4.98 Å². The largest absolute Gasteiger partial charge is 0.336 e. The highest BCUT2D eigenvalue weighted by Crippen LogP contribution is 2.33. The maximum Gasteiger partial charge on any atom is 0.243 e. The van der Waals surface area contributed by atoms with Crippen molar-refractivity contribution in [2.24, 2.45) is 0 Å². The van der Waals surface area contributed by atoms with Crippen LogP contribution in [-0.4, -0.2) is 44.9 Å². The Bertz CT molecular complexity index is 1160. The zero-order chi connectivity index (χ0) is 24.4. The van der Waals surface area contributed by atoms with E-state index in [9.17, 15) is 9.59 Å². The minimum atomic E-state index is -0.0605. The van der Waals surface area contributed by atoms with Crippen LogP contribution in [0.4, 0.5) is 5.69 Å². The second-order valence-electron chi connectivity index (χ2n) is 9.60. The summed E-state index contributed by atoms with van der Waals surface area (Å²) in [6.07, 6.45) is 2.22. The first-order valence-electron chi connectivity index (χ1n) is 12.5. The van der Waals surface area contributed by atoms with Crippen LogP contribution in [0.2, 0.25) is 0 Å². The molecule has 180 valence electrons. The molecule has 1 aromatic heterocycles. The number of rotatable bonds is 8. The predicted molar refractivity (Wildman–Crippen MR) is 137 cm³/mol. The van der Waals surface area contributed by atoms with Crippen LogP contribution in [0.3, 0.4) is 0 Å². The molecule has 6 nitrogen and oxygen atoms in total. The quantitative estimate of drug-likeness (QED) is 0.459. The van der Waals surface area contributed by atoms with Crippen LogP contribution < -0.4 is 4.90 Å². The third-order valence-corrected chi connectivity index (χ3v) is 7.23. The Balaban J connectivity index is 1.67. The summed E-state index contributed by atoms with van der Waals surface area (Å²) in [5.41, 5.74) is 3.89. The van der Waals surface area contributed by atoms with Gasteiger partial charge in [0, 0.05) is 36.7 Å². The van der Waals surface area contributed by atoms with Crippen molar-refractivity contribution in [1.82, 2.24) is 14.5 Å². The molecule has 0 saturated carbocycles. The molecular weight excluding hydrogens is 424 g/mol. The molecule has 1 saturated heterocycles. The zero-order valence-corrected chi connectivity index (χ0v) is 21.0. The summed E-state index contributed by atoms with van der Waals surface area (Å²) in [5.74, 6) is 0.966. The topological polar surface area (TPSA) is 58.4 Å². The van der Waals surface area contributed by atoms with Crippen molar-refractivity contribution in [3.8, 4) is 0 Å². The molecule has 0 aliphatic carbocycles.